The first-order valence-corrected chi connectivity index (χ1v) is 9.01. The normalized spacial score (nSPS) is 11.0. The number of nitro benzene ring substituents is 1. The fourth-order valence-electron chi connectivity index (χ4n) is 3.37. The Morgan fingerprint density at radius 3 is 2.43 bits per heavy atom. The van der Waals surface area contributed by atoms with Gasteiger partial charge in [-0.2, -0.15) is 0 Å². The Morgan fingerprint density at radius 2 is 1.71 bits per heavy atom. The number of non-ortho nitro benzene ring substituents is 1. The molecule has 0 aliphatic rings. The van der Waals surface area contributed by atoms with Crippen LogP contribution in [0.5, 0.6) is 0 Å². The molecule has 140 valence electrons. The smallest absolute Gasteiger partial charge is 0.270 e. The molecule has 0 atom stereocenters. The van der Waals surface area contributed by atoms with Gasteiger partial charge in [-0.3, -0.25) is 14.5 Å². The molecule has 0 fully saturated rings. The van der Waals surface area contributed by atoms with E-state index in [1.54, 1.807) is 12.1 Å². The van der Waals surface area contributed by atoms with Crippen LogP contribution >= 0.6 is 0 Å². The van der Waals surface area contributed by atoms with Crippen LogP contribution in [0.25, 0.3) is 16.9 Å². The summed E-state index contributed by atoms with van der Waals surface area (Å²) in [6, 6.07) is 16.7. The summed E-state index contributed by atoms with van der Waals surface area (Å²) in [4.78, 5) is 15.6. The molecule has 2 aromatic carbocycles. The number of anilines is 2. The van der Waals surface area contributed by atoms with Crippen LogP contribution < -0.4 is 5.32 Å². The van der Waals surface area contributed by atoms with Crippen molar-refractivity contribution < 1.29 is 4.92 Å². The number of pyridine rings is 1. The average molecular weight is 372 g/mol. The summed E-state index contributed by atoms with van der Waals surface area (Å²) >= 11 is 0. The van der Waals surface area contributed by atoms with E-state index < -0.39 is 0 Å². The first-order valence-electron chi connectivity index (χ1n) is 9.01. The van der Waals surface area contributed by atoms with Crippen molar-refractivity contribution in [1.82, 2.24) is 9.38 Å². The van der Waals surface area contributed by atoms with Gasteiger partial charge in [-0.1, -0.05) is 36.4 Å². The number of nitro groups is 1. The lowest BCUT2D eigenvalue weighted by Gasteiger charge is -2.14. The Balaban J connectivity index is 1.95. The zero-order chi connectivity index (χ0) is 19.8. The summed E-state index contributed by atoms with van der Waals surface area (Å²) in [6.07, 6.45) is 2.01. The second kappa shape index (κ2) is 6.81. The molecule has 28 heavy (non-hydrogen) atoms. The fourth-order valence-corrected chi connectivity index (χ4v) is 3.37. The standard InChI is InChI=1S/C22H20N4O2/c1-14-10-11-19-23-21(17-8-5-9-18(12-17)26(27)28)22(25(19)13-14)24-20-15(2)6-4-7-16(20)3/h4-13,24H,1-3H3. The molecule has 0 radical (unpaired) electrons. The number of imidazole rings is 1. The van der Waals surface area contributed by atoms with E-state index in [4.69, 9.17) is 4.98 Å². The number of hydrogen-bond donors (Lipinski definition) is 1. The largest absolute Gasteiger partial charge is 0.339 e. The van der Waals surface area contributed by atoms with Crippen molar-refractivity contribution in [2.75, 3.05) is 5.32 Å². The van der Waals surface area contributed by atoms with Gasteiger partial charge in [0.1, 0.15) is 17.2 Å². The number of benzene rings is 2. The SMILES string of the molecule is Cc1ccc2nc(-c3cccc([N+](=O)[O-])c3)c(Nc3c(C)cccc3C)n2c1. The van der Waals surface area contributed by atoms with Gasteiger partial charge in [-0.25, -0.2) is 4.98 Å². The number of fused-ring (bicyclic) bond motifs is 1. The molecule has 0 saturated heterocycles. The lowest BCUT2D eigenvalue weighted by Crippen LogP contribution is -2.01. The second-order valence-corrected chi connectivity index (χ2v) is 6.94. The van der Waals surface area contributed by atoms with Crippen molar-refractivity contribution in [2.24, 2.45) is 0 Å². The molecule has 1 N–H and O–H groups in total. The number of hydrogen-bond acceptors (Lipinski definition) is 4. The molecule has 0 aliphatic carbocycles. The highest BCUT2D eigenvalue weighted by molar-refractivity contribution is 5.81. The molecule has 4 aromatic rings. The molecular formula is C22H20N4O2. The summed E-state index contributed by atoms with van der Waals surface area (Å²) < 4.78 is 2.00. The van der Waals surface area contributed by atoms with Gasteiger partial charge in [0, 0.05) is 29.6 Å². The van der Waals surface area contributed by atoms with Crippen molar-refractivity contribution in [1.29, 1.82) is 0 Å². The van der Waals surface area contributed by atoms with Crippen molar-refractivity contribution in [3.8, 4) is 11.3 Å². The zero-order valence-electron chi connectivity index (χ0n) is 15.9. The predicted octanol–water partition coefficient (Wildman–Crippen LogP) is 5.58. The predicted molar refractivity (Wildman–Crippen MR) is 111 cm³/mol. The lowest BCUT2D eigenvalue weighted by atomic mass is 10.1. The number of nitrogens with zero attached hydrogens (tertiary/aromatic N) is 3. The van der Waals surface area contributed by atoms with Crippen molar-refractivity contribution in [3.05, 3.63) is 87.6 Å². The minimum absolute atomic E-state index is 0.0451. The Bertz CT molecular complexity index is 1190. The summed E-state index contributed by atoms with van der Waals surface area (Å²) in [6.45, 7) is 6.13. The summed E-state index contributed by atoms with van der Waals surface area (Å²) in [5.41, 5.74) is 6.54. The fraction of sp³-hybridized carbons (Fsp3) is 0.136. The van der Waals surface area contributed by atoms with Crippen LogP contribution in [0.3, 0.4) is 0 Å². The van der Waals surface area contributed by atoms with Crippen molar-refractivity contribution in [2.45, 2.75) is 20.8 Å². The average Bonchev–Trinajstić information content (AvgIpc) is 3.02. The third-order valence-corrected chi connectivity index (χ3v) is 4.82. The maximum absolute atomic E-state index is 11.2. The lowest BCUT2D eigenvalue weighted by molar-refractivity contribution is -0.384. The van der Waals surface area contributed by atoms with Gasteiger partial charge in [0.15, 0.2) is 0 Å². The molecular weight excluding hydrogens is 352 g/mol. The van der Waals surface area contributed by atoms with Gasteiger partial charge in [0.05, 0.1) is 4.92 Å². The van der Waals surface area contributed by atoms with E-state index in [0.717, 1.165) is 33.8 Å². The van der Waals surface area contributed by atoms with E-state index >= 15 is 0 Å². The highest BCUT2D eigenvalue weighted by atomic mass is 16.6. The third-order valence-electron chi connectivity index (χ3n) is 4.82. The minimum Gasteiger partial charge on any atom is -0.339 e. The van der Waals surface area contributed by atoms with E-state index in [2.05, 4.69) is 31.3 Å². The van der Waals surface area contributed by atoms with Gasteiger partial charge >= 0.3 is 0 Å². The highest BCUT2D eigenvalue weighted by Crippen LogP contribution is 2.34. The van der Waals surface area contributed by atoms with E-state index in [1.807, 2.05) is 41.8 Å². The van der Waals surface area contributed by atoms with E-state index in [1.165, 1.54) is 6.07 Å². The second-order valence-electron chi connectivity index (χ2n) is 6.94. The molecule has 4 rings (SSSR count). The maximum Gasteiger partial charge on any atom is 0.270 e. The van der Waals surface area contributed by atoms with Gasteiger partial charge in [0.2, 0.25) is 0 Å². The number of rotatable bonds is 4. The molecule has 0 saturated carbocycles. The number of para-hydroxylation sites is 1. The van der Waals surface area contributed by atoms with Crippen LogP contribution in [0.1, 0.15) is 16.7 Å². The third kappa shape index (κ3) is 3.09. The molecule has 0 amide bonds. The highest BCUT2D eigenvalue weighted by Gasteiger charge is 2.18. The molecule has 0 bridgehead atoms. The monoisotopic (exact) mass is 372 g/mol. The molecule has 0 aliphatic heterocycles. The first-order chi connectivity index (χ1) is 13.4. The quantitative estimate of drug-likeness (QED) is 0.375. The summed E-state index contributed by atoms with van der Waals surface area (Å²) in [7, 11) is 0. The molecule has 6 nitrogen and oxygen atoms in total. The maximum atomic E-state index is 11.2. The van der Waals surface area contributed by atoms with Crippen LogP contribution in [0.4, 0.5) is 17.2 Å². The van der Waals surface area contributed by atoms with E-state index in [9.17, 15) is 10.1 Å². The Kier molecular flexibility index (Phi) is 4.31. The molecule has 0 unspecified atom stereocenters. The van der Waals surface area contributed by atoms with Crippen LogP contribution in [0.2, 0.25) is 0 Å². The van der Waals surface area contributed by atoms with E-state index in [0.29, 0.717) is 11.3 Å². The van der Waals surface area contributed by atoms with Crippen LogP contribution in [0, 0.1) is 30.9 Å². The Morgan fingerprint density at radius 1 is 1.00 bits per heavy atom. The van der Waals surface area contributed by atoms with Gasteiger partial charge in [0.25, 0.3) is 5.69 Å². The van der Waals surface area contributed by atoms with Gasteiger partial charge in [-0.15, -0.1) is 0 Å². The zero-order valence-corrected chi connectivity index (χ0v) is 15.9. The number of aromatic nitrogens is 2. The van der Waals surface area contributed by atoms with Crippen LogP contribution in [0.15, 0.2) is 60.8 Å². The Labute approximate surface area is 162 Å². The number of nitrogens with one attached hydrogen (secondary N) is 1. The van der Waals surface area contributed by atoms with Gasteiger partial charge in [-0.05, 0) is 43.5 Å². The molecule has 2 aromatic heterocycles. The molecule has 0 spiro atoms. The van der Waals surface area contributed by atoms with Crippen molar-refractivity contribution in [3.63, 3.8) is 0 Å². The topological polar surface area (TPSA) is 72.5 Å². The van der Waals surface area contributed by atoms with Gasteiger partial charge < -0.3 is 5.32 Å². The Hall–Kier alpha value is -3.67. The summed E-state index contributed by atoms with van der Waals surface area (Å²) in [5.74, 6) is 0.789. The van der Waals surface area contributed by atoms with Crippen LogP contribution in [-0.2, 0) is 0 Å². The molecule has 6 heteroatoms. The van der Waals surface area contributed by atoms with Crippen molar-refractivity contribution >= 4 is 22.8 Å². The number of aryl methyl sites for hydroxylation is 3. The molecule has 2 heterocycles. The van der Waals surface area contributed by atoms with E-state index in [-0.39, 0.29) is 10.6 Å². The first kappa shape index (κ1) is 17.7. The van der Waals surface area contributed by atoms with Crippen LogP contribution in [-0.4, -0.2) is 14.3 Å². The summed E-state index contributed by atoms with van der Waals surface area (Å²) in [5, 5.41) is 14.8. The minimum atomic E-state index is -0.387.